The highest BCUT2D eigenvalue weighted by atomic mass is 32.1. The molecule has 1 amide bonds. The van der Waals surface area contributed by atoms with Gasteiger partial charge in [-0.1, -0.05) is 72.9 Å². The third kappa shape index (κ3) is 4.90. The maximum Gasteiger partial charge on any atom is 0.296 e. The number of ether oxygens (including phenoxy) is 1. The second kappa shape index (κ2) is 10.4. The maximum atomic E-state index is 13.4. The topological polar surface area (TPSA) is 79.7 Å². The van der Waals surface area contributed by atoms with Gasteiger partial charge in [0.15, 0.2) is 16.7 Å². The Morgan fingerprint density at radius 1 is 1.11 bits per heavy atom. The van der Waals surface area contributed by atoms with Crippen LogP contribution in [0, 0.1) is 6.92 Å². The van der Waals surface area contributed by atoms with Crippen molar-refractivity contribution in [1.29, 1.82) is 0 Å². The summed E-state index contributed by atoms with van der Waals surface area (Å²) in [4.78, 5) is 32.9. The second-order valence-corrected chi connectivity index (χ2v) is 9.84. The standard InChI is InChI=1S/C30H26N2O4S/c1-3-17-36-22-13-11-21(12-14-22)27-26(24(33)16-10-20-7-5-4-6-8-20)28(34)29(35)32(27)30-31-23-15-9-19(2)18-25(23)37-30/h4-16,18,27,34H,3,17H2,1-2H3/b16-10+. The first-order valence-corrected chi connectivity index (χ1v) is 12.9. The number of ketones is 1. The minimum atomic E-state index is -0.831. The van der Waals surface area contributed by atoms with E-state index in [1.54, 1.807) is 6.08 Å². The second-order valence-electron chi connectivity index (χ2n) is 8.83. The van der Waals surface area contributed by atoms with E-state index in [-0.39, 0.29) is 5.57 Å². The number of aryl methyl sites for hydroxylation is 1. The van der Waals surface area contributed by atoms with Crippen LogP contribution in [0.3, 0.4) is 0 Å². The zero-order chi connectivity index (χ0) is 25.9. The fourth-order valence-corrected chi connectivity index (χ4v) is 5.37. The lowest BCUT2D eigenvalue weighted by Gasteiger charge is -2.24. The third-order valence-electron chi connectivity index (χ3n) is 6.11. The number of anilines is 1. The molecule has 0 radical (unpaired) electrons. The zero-order valence-corrected chi connectivity index (χ0v) is 21.4. The summed E-state index contributed by atoms with van der Waals surface area (Å²) in [7, 11) is 0. The van der Waals surface area contributed by atoms with Crippen LogP contribution < -0.4 is 9.64 Å². The Balaban J connectivity index is 1.57. The van der Waals surface area contributed by atoms with Crippen molar-refractivity contribution in [3.63, 3.8) is 0 Å². The molecule has 186 valence electrons. The number of thiazole rings is 1. The van der Waals surface area contributed by atoms with Crippen molar-refractivity contribution in [3.8, 4) is 5.75 Å². The molecule has 37 heavy (non-hydrogen) atoms. The van der Waals surface area contributed by atoms with Gasteiger partial charge in [0, 0.05) is 0 Å². The SMILES string of the molecule is CCCOc1ccc(C2C(C(=O)/C=C/c3ccccc3)=C(O)C(=O)N2c2nc3ccc(C)cc3s2)cc1. The van der Waals surface area contributed by atoms with Gasteiger partial charge in [0.05, 0.1) is 28.4 Å². The van der Waals surface area contributed by atoms with Gasteiger partial charge in [-0.05, 0) is 60.4 Å². The molecule has 0 saturated heterocycles. The van der Waals surface area contributed by atoms with Crippen molar-refractivity contribution >= 4 is 44.5 Å². The zero-order valence-electron chi connectivity index (χ0n) is 20.5. The van der Waals surface area contributed by atoms with Gasteiger partial charge in [-0.2, -0.15) is 0 Å². The molecule has 1 unspecified atom stereocenters. The Morgan fingerprint density at radius 3 is 2.59 bits per heavy atom. The lowest BCUT2D eigenvalue weighted by molar-refractivity contribution is -0.117. The summed E-state index contributed by atoms with van der Waals surface area (Å²) in [5, 5.41) is 11.4. The Morgan fingerprint density at radius 2 is 1.86 bits per heavy atom. The first kappa shape index (κ1) is 24.5. The molecule has 2 heterocycles. The normalized spacial score (nSPS) is 15.8. The largest absolute Gasteiger partial charge is 0.503 e. The monoisotopic (exact) mass is 510 g/mol. The van der Waals surface area contributed by atoms with Crippen molar-refractivity contribution in [3.05, 3.63) is 107 Å². The number of hydrogen-bond donors (Lipinski definition) is 1. The number of nitrogens with zero attached hydrogens (tertiary/aromatic N) is 2. The summed E-state index contributed by atoms with van der Waals surface area (Å²) < 4.78 is 6.63. The maximum absolute atomic E-state index is 13.4. The molecule has 7 heteroatoms. The minimum Gasteiger partial charge on any atom is -0.503 e. The van der Waals surface area contributed by atoms with E-state index in [2.05, 4.69) is 4.98 Å². The van der Waals surface area contributed by atoms with Crippen LogP contribution in [0.4, 0.5) is 5.13 Å². The van der Waals surface area contributed by atoms with Gasteiger partial charge in [-0.25, -0.2) is 4.98 Å². The quantitative estimate of drug-likeness (QED) is 0.271. The molecule has 3 aromatic carbocycles. The summed E-state index contributed by atoms with van der Waals surface area (Å²) in [6, 6.07) is 21.7. The Labute approximate surface area is 219 Å². The van der Waals surface area contributed by atoms with E-state index in [0.29, 0.717) is 23.1 Å². The third-order valence-corrected chi connectivity index (χ3v) is 7.13. The molecule has 0 saturated carbocycles. The molecule has 5 rings (SSSR count). The molecular weight excluding hydrogens is 484 g/mol. The summed E-state index contributed by atoms with van der Waals surface area (Å²) in [6.07, 6.45) is 3.95. The number of aromatic nitrogens is 1. The molecule has 6 nitrogen and oxygen atoms in total. The predicted octanol–water partition coefficient (Wildman–Crippen LogP) is 6.58. The van der Waals surface area contributed by atoms with Crippen LogP contribution in [-0.4, -0.2) is 28.4 Å². The molecule has 0 aliphatic carbocycles. The van der Waals surface area contributed by atoms with Gasteiger partial charge in [0.25, 0.3) is 5.91 Å². The Kier molecular flexibility index (Phi) is 6.88. The van der Waals surface area contributed by atoms with E-state index in [0.717, 1.165) is 27.8 Å². The summed E-state index contributed by atoms with van der Waals surface area (Å²) in [6.45, 7) is 4.62. The summed E-state index contributed by atoms with van der Waals surface area (Å²) in [5.41, 5.74) is 3.37. The molecule has 1 aliphatic rings. The van der Waals surface area contributed by atoms with Crippen LogP contribution in [0.25, 0.3) is 16.3 Å². The van der Waals surface area contributed by atoms with E-state index in [1.807, 2.05) is 86.6 Å². The van der Waals surface area contributed by atoms with Crippen LogP contribution in [0.2, 0.25) is 0 Å². The minimum absolute atomic E-state index is 0.0230. The van der Waals surface area contributed by atoms with E-state index in [4.69, 9.17) is 4.74 Å². The van der Waals surface area contributed by atoms with Crippen molar-refractivity contribution in [2.75, 3.05) is 11.5 Å². The number of amides is 1. The average molecular weight is 511 g/mol. The molecule has 1 aromatic heterocycles. The molecule has 1 aliphatic heterocycles. The first-order valence-electron chi connectivity index (χ1n) is 12.1. The van der Waals surface area contributed by atoms with Gasteiger partial charge in [0.1, 0.15) is 5.75 Å². The fourth-order valence-electron chi connectivity index (χ4n) is 4.28. The van der Waals surface area contributed by atoms with Gasteiger partial charge in [0.2, 0.25) is 0 Å². The van der Waals surface area contributed by atoms with E-state index in [1.165, 1.54) is 22.3 Å². The highest BCUT2D eigenvalue weighted by Crippen LogP contribution is 2.44. The van der Waals surface area contributed by atoms with Crippen molar-refractivity contribution in [1.82, 2.24) is 4.98 Å². The number of allylic oxidation sites excluding steroid dienone is 1. The van der Waals surface area contributed by atoms with Crippen molar-refractivity contribution in [2.24, 2.45) is 0 Å². The van der Waals surface area contributed by atoms with Crippen molar-refractivity contribution in [2.45, 2.75) is 26.3 Å². The lowest BCUT2D eigenvalue weighted by atomic mass is 9.95. The number of aliphatic hydroxyl groups excluding tert-OH is 1. The van der Waals surface area contributed by atoms with Crippen molar-refractivity contribution < 1.29 is 19.4 Å². The number of carbonyl (C=O) groups is 2. The van der Waals surface area contributed by atoms with E-state index in [9.17, 15) is 14.7 Å². The molecule has 1 N–H and O–H groups in total. The first-order chi connectivity index (χ1) is 18.0. The molecule has 0 bridgehead atoms. The van der Waals surface area contributed by atoms with Crippen LogP contribution in [0.15, 0.2) is 90.2 Å². The number of benzene rings is 3. The lowest BCUT2D eigenvalue weighted by Crippen LogP contribution is -2.30. The molecule has 1 atom stereocenters. The fraction of sp³-hybridized carbons (Fsp3) is 0.167. The molecule has 0 spiro atoms. The number of fused-ring (bicyclic) bond motifs is 1. The van der Waals surface area contributed by atoms with Gasteiger partial charge in [-0.3, -0.25) is 14.5 Å². The van der Waals surface area contributed by atoms with Crippen LogP contribution in [0.1, 0.15) is 36.1 Å². The molecule has 0 fully saturated rings. The Hall–Kier alpha value is -4.23. The number of rotatable bonds is 8. The van der Waals surface area contributed by atoms with E-state index >= 15 is 0 Å². The predicted molar refractivity (Wildman–Crippen MR) is 147 cm³/mol. The smallest absolute Gasteiger partial charge is 0.296 e. The number of carbonyl (C=O) groups excluding carboxylic acids is 2. The van der Waals surface area contributed by atoms with Gasteiger partial charge >= 0.3 is 0 Å². The number of aliphatic hydroxyl groups is 1. The van der Waals surface area contributed by atoms with Crippen LogP contribution >= 0.6 is 11.3 Å². The Bertz CT molecular complexity index is 1520. The molecular formula is C30H26N2O4S. The van der Waals surface area contributed by atoms with Gasteiger partial charge in [-0.15, -0.1) is 0 Å². The number of hydrogen-bond acceptors (Lipinski definition) is 6. The van der Waals surface area contributed by atoms with Crippen LogP contribution in [0.5, 0.6) is 5.75 Å². The van der Waals surface area contributed by atoms with Crippen LogP contribution in [-0.2, 0) is 9.59 Å². The summed E-state index contributed by atoms with van der Waals surface area (Å²) >= 11 is 1.35. The highest BCUT2D eigenvalue weighted by Gasteiger charge is 2.45. The average Bonchev–Trinajstić information content (AvgIpc) is 3.44. The summed E-state index contributed by atoms with van der Waals surface area (Å²) in [5.74, 6) is -0.953. The van der Waals surface area contributed by atoms with E-state index < -0.39 is 23.5 Å². The van der Waals surface area contributed by atoms with Gasteiger partial charge < -0.3 is 9.84 Å². The molecule has 4 aromatic rings. The highest BCUT2D eigenvalue weighted by molar-refractivity contribution is 7.22.